The summed E-state index contributed by atoms with van der Waals surface area (Å²) in [4.78, 5) is 11.2. The predicted octanol–water partition coefficient (Wildman–Crippen LogP) is 0.338. The van der Waals surface area contributed by atoms with E-state index in [1.54, 1.807) is 6.07 Å². The van der Waals surface area contributed by atoms with Gasteiger partial charge in [0.2, 0.25) is 5.91 Å². The first-order valence-electron chi connectivity index (χ1n) is 4.79. The maximum atomic E-state index is 11.2. The largest absolute Gasteiger partial charge is 0.493 e. The van der Waals surface area contributed by atoms with Gasteiger partial charge < -0.3 is 20.3 Å². The van der Waals surface area contributed by atoms with Crippen LogP contribution in [0.3, 0.4) is 0 Å². The van der Waals surface area contributed by atoms with E-state index in [4.69, 9.17) is 20.3 Å². The number of methoxy groups -OCH3 is 2. The summed E-state index contributed by atoms with van der Waals surface area (Å²) < 4.78 is 10.2. The number of amides is 1. The molecule has 0 atom stereocenters. The number of primary amides is 1. The van der Waals surface area contributed by atoms with Crippen molar-refractivity contribution in [2.45, 2.75) is 6.42 Å². The minimum Gasteiger partial charge on any atom is -0.493 e. The van der Waals surface area contributed by atoms with Crippen LogP contribution in [0.25, 0.3) is 0 Å². The molecular weight excluding hydrogens is 210 g/mol. The standard InChI is InChI=1S/C11H15NO4/c1-15-9-5-7(3-4-13)8(11(12)14)6-10(9)16-2/h5-6,13H,3-4H2,1-2H3,(H2,12,14). The van der Waals surface area contributed by atoms with Gasteiger partial charge in [0.15, 0.2) is 11.5 Å². The first kappa shape index (κ1) is 12.3. The van der Waals surface area contributed by atoms with Gasteiger partial charge in [-0.2, -0.15) is 0 Å². The van der Waals surface area contributed by atoms with E-state index in [-0.39, 0.29) is 6.61 Å². The van der Waals surface area contributed by atoms with E-state index in [9.17, 15) is 4.79 Å². The minimum absolute atomic E-state index is 0.0598. The fraction of sp³-hybridized carbons (Fsp3) is 0.364. The third-order valence-corrected chi connectivity index (χ3v) is 2.26. The van der Waals surface area contributed by atoms with Crippen molar-refractivity contribution in [1.29, 1.82) is 0 Å². The van der Waals surface area contributed by atoms with E-state index in [1.165, 1.54) is 20.3 Å². The first-order chi connectivity index (χ1) is 7.63. The summed E-state index contributed by atoms with van der Waals surface area (Å²) in [6, 6.07) is 3.17. The molecule has 1 aromatic carbocycles. The average Bonchev–Trinajstić information content (AvgIpc) is 2.28. The van der Waals surface area contributed by atoms with Crippen LogP contribution in [0.5, 0.6) is 11.5 Å². The molecule has 5 nitrogen and oxygen atoms in total. The Morgan fingerprint density at radius 2 is 1.88 bits per heavy atom. The maximum absolute atomic E-state index is 11.2. The van der Waals surface area contributed by atoms with Gasteiger partial charge in [-0.25, -0.2) is 0 Å². The molecule has 88 valence electrons. The van der Waals surface area contributed by atoms with Crippen LogP contribution in [0, 0.1) is 0 Å². The average molecular weight is 225 g/mol. The van der Waals surface area contributed by atoms with Crippen molar-refractivity contribution in [3.63, 3.8) is 0 Å². The normalized spacial score (nSPS) is 9.94. The number of ether oxygens (including phenoxy) is 2. The molecule has 0 saturated heterocycles. The van der Waals surface area contributed by atoms with E-state index < -0.39 is 5.91 Å². The van der Waals surface area contributed by atoms with Crippen molar-refractivity contribution in [2.24, 2.45) is 5.73 Å². The molecule has 0 radical (unpaired) electrons. The van der Waals surface area contributed by atoms with Gasteiger partial charge in [-0.05, 0) is 24.1 Å². The Morgan fingerprint density at radius 3 is 2.31 bits per heavy atom. The van der Waals surface area contributed by atoms with Crippen LogP contribution < -0.4 is 15.2 Å². The van der Waals surface area contributed by atoms with Gasteiger partial charge >= 0.3 is 0 Å². The monoisotopic (exact) mass is 225 g/mol. The molecule has 16 heavy (non-hydrogen) atoms. The maximum Gasteiger partial charge on any atom is 0.249 e. The van der Waals surface area contributed by atoms with Crippen molar-refractivity contribution < 1.29 is 19.4 Å². The van der Waals surface area contributed by atoms with E-state index in [1.807, 2.05) is 0 Å². The topological polar surface area (TPSA) is 81.8 Å². The highest BCUT2D eigenvalue weighted by atomic mass is 16.5. The van der Waals surface area contributed by atoms with Crippen LogP contribution in [0.1, 0.15) is 15.9 Å². The lowest BCUT2D eigenvalue weighted by molar-refractivity contribution is 0.0999. The van der Waals surface area contributed by atoms with Crippen molar-refractivity contribution in [2.75, 3.05) is 20.8 Å². The van der Waals surface area contributed by atoms with Crippen molar-refractivity contribution in [3.8, 4) is 11.5 Å². The Bertz CT molecular complexity index is 390. The van der Waals surface area contributed by atoms with Crippen LogP contribution in [0.15, 0.2) is 12.1 Å². The molecule has 0 bridgehead atoms. The van der Waals surface area contributed by atoms with Gasteiger partial charge in [-0.3, -0.25) is 4.79 Å². The summed E-state index contributed by atoms with van der Waals surface area (Å²) in [7, 11) is 2.98. The third-order valence-electron chi connectivity index (χ3n) is 2.26. The van der Waals surface area contributed by atoms with Gasteiger partial charge in [-0.1, -0.05) is 0 Å². The molecule has 5 heteroatoms. The highest BCUT2D eigenvalue weighted by Crippen LogP contribution is 2.30. The van der Waals surface area contributed by atoms with Crippen LogP contribution in [-0.2, 0) is 6.42 Å². The number of aliphatic hydroxyl groups excluding tert-OH is 1. The summed E-state index contributed by atoms with van der Waals surface area (Å²) in [6.07, 6.45) is 0.346. The summed E-state index contributed by atoms with van der Waals surface area (Å²) in [5, 5.41) is 8.89. The number of carbonyl (C=O) groups excluding carboxylic acids is 1. The van der Waals surface area contributed by atoms with Crippen LogP contribution in [-0.4, -0.2) is 31.8 Å². The molecule has 0 aromatic heterocycles. The predicted molar refractivity (Wildman–Crippen MR) is 58.9 cm³/mol. The van der Waals surface area contributed by atoms with Crippen LogP contribution in [0.4, 0.5) is 0 Å². The number of hydrogen-bond acceptors (Lipinski definition) is 4. The quantitative estimate of drug-likeness (QED) is 0.757. The molecule has 0 aliphatic carbocycles. The fourth-order valence-electron chi connectivity index (χ4n) is 1.48. The zero-order chi connectivity index (χ0) is 12.1. The molecule has 0 saturated carbocycles. The third kappa shape index (κ3) is 2.43. The molecule has 0 fully saturated rings. The molecule has 0 spiro atoms. The molecule has 0 unspecified atom stereocenters. The highest BCUT2D eigenvalue weighted by molar-refractivity contribution is 5.95. The number of aliphatic hydroxyl groups is 1. The Balaban J connectivity index is 3.29. The number of carbonyl (C=O) groups is 1. The zero-order valence-corrected chi connectivity index (χ0v) is 9.32. The zero-order valence-electron chi connectivity index (χ0n) is 9.32. The van der Waals surface area contributed by atoms with Gasteiger partial charge in [-0.15, -0.1) is 0 Å². The lowest BCUT2D eigenvalue weighted by atomic mass is 10.0. The number of nitrogens with two attached hydrogens (primary N) is 1. The second-order valence-electron chi connectivity index (χ2n) is 3.20. The van der Waals surface area contributed by atoms with Crippen molar-refractivity contribution in [3.05, 3.63) is 23.3 Å². The van der Waals surface area contributed by atoms with Crippen molar-refractivity contribution in [1.82, 2.24) is 0 Å². The van der Waals surface area contributed by atoms with E-state index in [0.717, 1.165) is 0 Å². The lowest BCUT2D eigenvalue weighted by Crippen LogP contribution is -2.15. The van der Waals surface area contributed by atoms with Gasteiger partial charge in [0.1, 0.15) is 0 Å². The summed E-state index contributed by atoms with van der Waals surface area (Å²) >= 11 is 0. The molecule has 3 N–H and O–H groups in total. The van der Waals surface area contributed by atoms with Crippen LogP contribution >= 0.6 is 0 Å². The SMILES string of the molecule is COc1cc(CCO)c(C(N)=O)cc1OC. The van der Waals surface area contributed by atoms with Crippen molar-refractivity contribution >= 4 is 5.91 Å². The molecular formula is C11H15NO4. The Kier molecular flexibility index (Phi) is 4.13. The van der Waals surface area contributed by atoms with E-state index in [0.29, 0.717) is 29.0 Å². The van der Waals surface area contributed by atoms with Gasteiger partial charge in [0.25, 0.3) is 0 Å². The Morgan fingerprint density at radius 1 is 1.31 bits per heavy atom. The van der Waals surface area contributed by atoms with Crippen LogP contribution in [0.2, 0.25) is 0 Å². The molecule has 0 heterocycles. The summed E-state index contributed by atoms with van der Waals surface area (Å²) in [6.45, 7) is -0.0598. The molecule has 1 amide bonds. The number of rotatable bonds is 5. The van der Waals surface area contributed by atoms with E-state index >= 15 is 0 Å². The number of hydrogen-bond donors (Lipinski definition) is 2. The second-order valence-corrected chi connectivity index (χ2v) is 3.20. The van der Waals surface area contributed by atoms with Gasteiger partial charge in [0, 0.05) is 12.2 Å². The smallest absolute Gasteiger partial charge is 0.249 e. The fourth-order valence-corrected chi connectivity index (χ4v) is 1.48. The molecule has 1 aromatic rings. The molecule has 0 aliphatic heterocycles. The summed E-state index contributed by atoms with van der Waals surface area (Å²) in [5.41, 5.74) is 6.23. The minimum atomic E-state index is -0.551. The lowest BCUT2D eigenvalue weighted by Gasteiger charge is -2.12. The highest BCUT2D eigenvalue weighted by Gasteiger charge is 2.14. The Labute approximate surface area is 93.8 Å². The molecule has 1 rings (SSSR count). The second kappa shape index (κ2) is 5.37. The Hall–Kier alpha value is -1.75. The number of benzene rings is 1. The summed E-state index contributed by atoms with van der Waals surface area (Å²) in [5.74, 6) is 0.401. The van der Waals surface area contributed by atoms with Gasteiger partial charge in [0.05, 0.1) is 14.2 Å². The molecule has 0 aliphatic rings. The first-order valence-corrected chi connectivity index (χ1v) is 4.79. The van der Waals surface area contributed by atoms with E-state index in [2.05, 4.69) is 0 Å².